The van der Waals surface area contributed by atoms with Crippen LogP contribution in [0.3, 0.4) is 0 Å². The molecule has 0 aliphatic carbocycles. The predicted molar refractivity (Wildman–Crippen MR) is 52.7 cm³/mol. The van der Waals surface area contributed by atoms with Crippen molar-refractivity contribution in [3.63, 3.8) is 0 Å². The molecule has 1 atom stereocenters. The maximum atomic E-state index is 10.9. The van der Waals surface area contributed by atoms with E-state index in [1.807, 2.05) is 7.05 Å². The molecule has 5 nitrogen and oxygen atoms in total. The van der Waals surface area contributed by atoms with Crippen LogP contribution in [-0.2, 0) is 15.0 Å². The van der Waals surface area contributed by atoms with Crippen molar-refractivity contribution in [3.8, 4) is 0 Å². The second-order valence-corrected chi connectivity index (χ2v) is 4.68. The van der Waals surface area contributed by atoms with Gasteiger partial charge < -0.3 is 4.74 Å². The number of epoxide rings is 1. The van der Waals surface area contributed by atoms with Crippen LogP contribution in [0.1, 0.15) is 0 Å². The Labute approximate surface area is 84.8 Å². The predicted octanol–water partition coefficient (Wildman–Crippen LogP) is -1.36. The Bertz CT molecular complexity index is 340. The highest BCUT2D eigenvalue weighted by Gasteiger charge is 2.29. The van der Waals surface area contributed by atoms with Gasteiger partial charge >= 0.3 is 0 Å². The SMILES string of the molecule is CN1CCN(CC2CO2)CC1=S(=O)=O. The van der Waals surface area contributed by atoms with Gasteiger partial charge in [0.05, 0.1) is 12.7 Å². The lowest BCUT2D eigenvalue weighted by molar-refractivity contribution is 0.226. The molecule has 0 amide bonds. The van der Waals surface area contributed by atoms with Crippen molar-refractivity contribution in [2.75, 3.05) is 39.8 Å². The minimum absolute atomic E-state index is 0.333. The molecule has 2 heterocycles. The molecule has 0 spiro atoms. The largest absolute Gasteiger partial charge is 0.372 e. The molecule has 1 unspecified atom stereocenters. The van der Waals surface area contributed by atoms with E-state index in [4.69, 9.17) is 4.74 Å². The van der Waals surface area contributed by atoms with E-state index in [1.165, 1.54) is 0 Å². The van der Waals surface area contributed by atoms with E-state index >= 15 is 0 Å². The molecular weight excluding hydrogens is 204 g/mol. The zero-order chi connectivity index (χ0) is 10.1. The van der Waals surface area contributed by atoms with Gasteiger partial charge in [-0.3, -0.25) is 9.80 Å². The Kier molecular flexibility index (Phi) is 2.87. The molecule has 6 heteroatoms. The standard InChI is InChI=1S/C8H14N2O3S/c1-9-2-3-10(4-7-6-13-7)5-8(9)14(11)12/h7H,2-6H2,1H3. The monoisotopic (exact) mass is 218 g/mol. The normalized spacial score (nSPS) is 29.2. The summed E-state index contributed by atoms with van der Waals surface area (Å²) >= 11 is 0. The van der Waals surface area contributed by atoms with Gasteiger partial charge in [-0.25, -0.2) is 0 Å². The number of nitrogens with zero attached hydrogens (tertiary/aromatic N) is 2. The average Bonchev–Trinajstić information content (AvgIpc) is 2.92. The van der Waals surface area contributed by atoms with Crippen LogP contribution in [0.15, 0.2) is 0 Å². The lowest BCUT2D eigenvalue weighted by atomic mass is 10.3. The lowest BCUT2D eigenvalue weighted by Gasteiger charge is -2.31. The molecule has 0 aromatic heterocycles. The number of hydrogen-bond acceptors (Lipinski definition) is 4. The first kappa shape index (κ1) is 10.1. The second-order valence-electron chi connectivity index (χ2n) is 3.74. The Morgan fingerprint density at radius 2 is 2.21 bits per heavy atom. The molecule has 80 valence electrons. The van der Waals surface area contributed by atoms with Crippen LogP contribution in [0.4, 0.5) is 0 Å². The fraction of sp³-hybridized carbons (Fsp3) is 0.875. The molecule has 0 N–H and O–H groups in total. The van der Waals surface area contributed by atoms with Gasteiger partial charge in [0, 0.05) is 26.2 Å². The molecule has 2 saturated heterocycles. The summed E-state index contributed by atoms with van der Waals surface area (Å²) in [5, 5.41) is 0. The summed E-state index contributed by atoms with van der Waals surface area (Å²) in [5.41, 5.74) is 0. The Morgan fingerprint density at radius 1 is 1.50 bits per heavy atom. The third-order valence-corrected chi connectivity index (χ3v) is 3.42. The molecule has 0 radical (unpaired) electrons. The molecular formula is C8H14N2O3S. The Balaban J connectivity index is 2.01. The summed E-state index contributed by atoms with van der Waals surface area (Å²) in [5.74, 6) is 0. The van der Waals surface area contributed by atoms with Gasteiger partial charge in [-0.2, -0.15) is 8.42 Å². The maximum absolute atomic E-state index is 10.9. The van der Waals surface area contributed by atoms with Crippen LogP contribution in [0.2, 0.25) is 0 Å². The zero-order valence-corrected chi connectivity index (χ0v) is 8.96. The molecule has 2 aliphatic rings. The average molecular weight is 218 g/mol. The minimum atomic E-state index is -2.09. The van der Waals surface area contributed by atoms with Crippen LogP contribution in [-0.4, -0.2) is 69.1 Å². The van der Waals surface area contributed by atoms with Crippen molar-refractivity contribution in [1.29, 1.82) is 0 Å². The molecule has 2 fully saturated rings. The summed E-state index contributed by atoms with van der Waals surface area (Å²) in [6, 6.07) is 0. The minimum Gasteiger partial charge on any atom is -0.372 e. The number of piperazine rings is 1. The van der Waals surface area contributed by atoms with Crippen LogP contribution >= 0.6 is 0 Å². The van der Waals surface area contributed by atoms with Gasteiger partial charge in [-0.1, -0.05) is 0 Å². The third kappa shape index (κ3) is 2.33. The topological polar surface area (TPSA) is 53.1 Å². The Hall–Kier alpha value is -0.430. The summed E-state index contributed by atoms with van der Waals surface area (Å²) in [7, 11) is -0.272. The van der Waals surface area contributed by atoms with E-state index in [9.17, 15) is 8.42 Å². The van der Waals surface area contributed by atoms with Gasteiger partial charge in [0.15, 0.2) is 0 Å². The fourth-order valence-electron chi connectivity index (χ4n) is 1.60. The van der Waals surface area contributed by atoms with Crippen molar-refractivity contribution in [3.05, 3.63) is 0 Å². The smallest absolute Gasteiger partial charge is 0.229 e. The van der Waals surface area contributed by atoms with Crippen molar-refractivity contribution >= 4 is 15.3 Å². The summed E-state index contributed by atoms with van der Waals surface area (Å²) < 4.78 is 26.9. The fourth-order valence-corrected chi connectivity index (χ4v) is 2.24. The molecule has 2 rings (SSSR count). The van der Waals surface area contributed by atoms with Crippen LogP contribution < -0.4 is 0 Å². The maximum Gasteiger partial charge on any atom is 0.229 e. The van der Waals surface area contributed by atoms with Gasteiger partial charge in [-0.15, -0.1) is 0 Å². The van der Waals surface area contributed by atoms with E-state index in [2.05, 4.69) is 4.90 Å². The first-order valence-electron chi connectivity index (χ1n) is 4.67. The van der Waals surface area contributed by atoms with Crippen molar-refractivity contribution in [2.45, 2.75) is 6.10 Å². The van der Waals surface area contributed by atoms with E-state index in [1.54, 1.807) is 4.90 Å². The van der Waals surface area contributed by atoms with Crippen LogP contribution in [0.25, 0.3) is 0 Å². The highest BCUT2D eigenvalue weighted by atomic mass is 32.2. The van der Waals surface area contributed by atoms with E-state index < -0.39 is 10.3 Å². The first-order valence-corrected chi connectivity index (χ1v) is 5.74. The molecule has 0 saturated carbocycles. The first-order chi connectivity index (χ1) is 6.66. The molecule has 14 heavy (non-hydrogen) atoms. The summed E-state index contributed by atoms with van der Waals surface area (Å²) in [6.07, 6.45) is 0.333. The highest BCUT2D eigenvalue weighted by Crippen LogP contribution is 2.12. The summed E-state index contributed by atoms with van der Waals surface area (Å²) in [6.45, 7) is 3.89. The Morgan fingerprint density at radius 3 is 2.79 bits per heavy atom. The molecule has 0 aromatic rings. The van der Waals surface area contributed by atoms with E-state index in [0.29, 0.717) is 17.6 Å². The quantitative estimate of drug-likeness (QED) is 0.423. The van der Waals surface area contributed by atoms with Gasteiger partial charge in [0.25, 0.3) is 0 Å². The van der Waals surface area contributed by atoms with Crippen LogP contribution in [0.5, 0.6) is 0 Å². The lowest BCUT2D eigenvalue weighted by Crippen LogP contribution is -2.49. The van der Waals surface area contributed by atoms with Crippen molar-refractivity contribution in [2.24, 2.45) is 0 Å². The molecule has 0 bridgehead atoms. The zero-order valence-electron chi connectivity index (χ0n) is 8.14. The van der Waals surface area contributed by atoms with E-state index in [0.717, 1.165) is 26.2 Å². The number of rotatable bonds is 2. The van der Waals surface area contributed by atoms with Gasteiger partial charge in [0.1, 0.15) is 4.99 Å². The molecule has 0 aromatic carbocycles. The van der Waals surface area contributed by atoms with Gasteiger partial charge in [-0.05, 0) is 7.05 Å². The highest BCUT2D eigenvalue weighted by molar-refractivity contribution is 7.72. The van der Waals surface area contributed by atoms with E-state index in [-0.39, 0.29) is 0 Å². The number of likely N-dealkylation sites (N-methyl/N-ethyl adjacent to an activating group) is 1. The van der Waals surface area contributed by atoms with Crippen molar-refractivity contribution in [1.82, 2.24) is 9.80 Å². The van der Waals surface area contributed by atoms with Gasteiger partial charge in [0.2, 0.25) is 10.3 Å². The number of ether oxygens (including phenoxy) is 1. The van der Waals surface area contributed by atoms with Crippen molar-refractivity contribution < 1.29 is 13.2 Å². The third-order valence-electron chi connectivity index (χ3n) is 2.59. The number of hydrogen-bond donors (Lipinski definition) is 0. The van der Waals surface area contributed by atoms with Crippen LogP contribution in [0, 0.1) is 0 Å². The second kappa shape index (κ2) is 3.98. The molecule has 2 aliphatic heterocycles. The summed E-state index contributed by atoms with van der Waals surface area (Å²) in [4.78, 5) is 4.41.